The van der Waals surface area contributed by atoms with Crippen molar-refractivity contribution in [3.05, 3.63) is 59.3 Å². The van der Waals surface area contributed by atoms with E-state index < -0.39 is 15.4 Å². The largest absolute Gasteiger partial charge is 0.388 e. The molecule has 36 heavy (non-hydrogen) atoms. The van der Waals surface area contributed by atoms with Crippen molar-refractivity contribution in [3.63, 3.8) is 0 Å². The third-order valence-corrected chi connectivity index (χ3v) is 8.26. The van der Waals surface area contributed by atoms with Crippen LogP contribution in [0.25, 0.3) is 5.52 Å². The van der Waals surface area contributed by atoms with E-state index in [4.69, 9.17) is 0 Å². The molecule has 12 heteroatoms. The number of amides is 2. The van der Waals surface area contributed by atoms with E-state index in [1.54, 1.807) is 47.5 Å². The standard InChI is InChI=1S/C24H30N6O5S/c1-36(34,35)20-6-4-19(5-7-20)26-13-15-28(16-14-26)23(32)27-11-8-24(33,9-12-27)17-29-18-25-30-10-2-3-21(30)22(29)31/h2-7,10,18,33H,8-9,11-17H2,1H3. The van der Waals surface area contributed by atoms with Gasteiger partial charge in [-0.3, -0.25) is 9.36 Å². The van der Waals surface area contributed by atoms with E-state index in [9.17, 15) is 23.1 Å². The molecule has 2 aromatic heterocycles. The molecule has 2 saturated heterocycles. The highest BCUT2D eigenvalue weighted by molar-refractivity contribution is 7.90. The molecule has 0 aliphatic carbocycles. The molecule has 3 aromatic rings. The maximum atomic E-state index is 13.1. The fourth-order valence-corrected chi connectivity index (χ4v) is 5.55. The van der Waals surface area contributed by atoms with Crippen molar-refractivity contribution in [1.82, 2.24) is 24.0 Å². The number of aromatic nitrogens is 3. The Morgan fingerprint density at radius 2 is 1.64 bits per heavy atom. The summed E-state index contributed by atoms with van der Waals surface area (Å²) < 4.78 is 26.3. The second kappa shape index (κ2) is 9.25. The van der Waals surface area contributed by atoms with Crippen molar-refractivity contribution < 1.29 is 18.3 Å². The highest BCUT2D eigenvalue weighted by Gasteiger charge is 2.36. The average Bonchev–Trinajstić information content (AvgIpc) is 3.35. The molecule has 1 aromatic carbocycles. The minimum atomic E-state index is -3.23. The zero-order valence-corrected chi connectivity index (χ0v) is 21.0. The number of aliphatic hydroxyl groups is 1. The molecule has 5 rings (SSSR count). The Morgan fingerprint density at radius 1 is 1.00 bits per heavy atom. The van der Waals surface area contributed by atoms with Gasteiger partial charge in [0.1, 0.15) is 11.8 Å². The number of sulfone groups is 1. The van der Waals surface area contributed by atoms with Gasteiger partial charge in [0.25, 0.3) is 5.56 Å². The van der Waals surface area contributed by atoms with Gasteiger partial charge in [-0.25, -0.2) is 17.7 Å². The van der Waals surface area contributed by atoms with Gasteiger partial charge in [-0.15, -0.1) is 0 Å². The van der Waals surface area contributed by atoms with Crippen LogP contribution in [0.15, 0.2) is 58.6 Å². The van der Waals surface area contributed by atoms with Crippen molar-refractivity contribution in [3.8, 4) is 0 Å². The Bertz CT molecular complexity index is 1420. The van der Waals surface area contributed by atoms with E-state index in [0.717, 1.165) is 5.69 Å². The van der Waals surface area contributed by atoms with Crippen LogP contribution in [0.5, 0.6) is 0 Å². The Kier molecular flexibility index (Phi) is 6.25. The quantitative estimate of drug-likeness (QED) is 0.543. The lowest BCUT2D eigenvalue weighted by Gasteiger charge is -2.42. The number of benzene rings is 1. The lowest BCUT2D eigenvalue weighted by Crippen LogP contribution is -2.56. The fourth-order valence-electron chi connectivity index (χ4n) is 4.92. The summed E-state index contributed by atoms with van der Waals surface area (Å²) in [7, 11) is -3.23. The summed E-state index contributed by atoms with van der Waals surface area (Å²) in [5, 5.41) is 15.3. The van der Waals surface area contributed by atoms with Gasteiger partial charge in [0, 0.05) is 57.4 Å². The van der Waals surface area contributed by atoms with Gasteiger partial charge in [0.05, 0.1) is 17.0 Å². The number of piperazine rings is 1. The third kappa shape index (κ3) is 4.82. The van der Waals surface area contributed by atoms with Gasteiger partial charge in [-0.05, 0) is 49.2 Å². The first-order valence-corrected chi connectivity index (χ1v) is 13.9. The zero-order valence-electron chi connectivity index (χ0n) is 20.2. The summed E-state index contributed by atoms with van der Waals surface area (Å²) in [6.07, 6.45) is 5.09. The monoisotopic (exact) mass is 514 g/mol. The summed E-state index contributed by atoms with van der Waals surface area (Å²) in [6, 6.07) is 10.2. The van der Waals surface area contributed by atoms with Crippen LogP contribution in [0.4, 0.5) is 10.5 Å². The minimum absolute atomic E-state index is 0.0439. The van der Waals surface area contributed by atoms with Gasteiger partial charge in [-0.1, -0.05) is 0 Å². The van der Waals surface area contributed by atoms with Crippen LogP contribution in [0.3, 0.4) is 0 Å². The second-order valence-corrected chi connectivity index (χ2v) is 11.7. The van der Waals surface area contributed by atoms with Crippen molar-refractivity contribution in [2.75, 3.05) is 50.4 Å². The topological polar surface area (TPSA) is 120 Å². The molecular weight excluding hydrogens is 484 g/mol. The summed E-state index contributed by atoms with van der Waals surface area (Å²) in [5.74, 6) is 0. The molecule has 0 atom stereocenters. The van der Waals surface area contributed by atoms with Gasteiger partial charge in [0.2, 0.25) is 0 Å². The molecular formula is C24H30N6O5S. The molecule has 2 aliphatic heterocycles. The van der Waals surface area contributed by atoms with Gasteiger partial charge < -0.3 is 19.8 Å². The second-order valence-electron chi connectivity index (χ2n) is 9.64. The fraction of sp³-hybridized carbons (Fsp3) is 0.458. The van der Waals surface area contributed by atoms with E-state index in [1.165, 1.54) is 21.7 Å². The predicted molar refractivity (Wildman–Crippen MR) is 134 cm³/mol. The van der Waals surface area contributed by atoms with Crippen LogP contribution in [0.1, 0.15) is 12.8 Å². The molecule has 4 heterocycles. The van der Waals surface area contributed by atoms with Gasteiger partial charge >= 0.3 is 6.03 Å². The molecule has 2 aliphatic rings. The summed E-state index contributed by atoms with van der Waals surface area (Å²) in [6.45, 7) is 3.40. The number of hydrogen-bond acceptors (Lipinski definition) is 7. The van der Waals surface area contributed by atoms with Crippen LogP contribution < -0.4 is 10.5 Å². The van der Waals surface area contributed by atoms with Gasteiger partial charge in [-0.2, -0.15) is 5.10 Å². The lowest BCUT2D eigenvalue weighted by atomic mass is 9.91. The first-order valence-electron chi connectivity index (χ1n) is 12.0. The SMILES string of the molecule is CS(=O)(=O)c1ccc(N2CCN(C(=O)N3CCC(O)(Cn4cnn5cccc5c4=O)CC3)CC2)cc1. The number of urea groups is 1. The first-order chi connectivity index (χ1) is 17.1. The average molecular weight is 515 g/mol. The van der Waals surface area contributed by atoms with Crippen LogP contribution in [-0.2, 0) is 16.4 Å². The van der Waals surface area contributed by atoms with Crippen LogP contribution >= 0.6 is 0 Å². The lowest BCUT2D eigenvalue weighted by molar-refractivity contribution is -0.0293. The predicted octanol–water partition coefficient (Wildman–Crippen LogP) is 0.669. The number of piperidine rings is 1. The maximum absolute atomic E-state index is 13.1. The van der Waals surface area contributed by atoms with Crippen LogP contribution in [0.2, 0.25) is 0 Å². The third-order valence-electron chi connectivity index (χ3n) is 7.13. The summed E-state index contributed by atoms with van der Waals surface area (Å²) >= 11 is 0. The smallest absolute Gasteiger partial charge is 0.320 e. The molecule has 0 radical (unpaired) electrons. The number of fused-ring (bicyclic) bond motifs is 1. The Hall–Kier alpha value is -3.38. The Morgan fingerprint density at radius 3 is 2.28 bits per heavy atom. The normalized spacial score (nSPS) is 18.6. The Balaban J connectivity index is 1.15. The maximum Gasteiger partial charge on any atom is 0.320 e. The Labute approximate surface area is 209 Å². The first kappa shape index (κ1) is 24.3. The highest BCUT2D eigenvalue weighted by Crippen LogP contribution is 2.25. The van der Waals surface area contributed by atoms with Gasteiger partial charge in [0.15, 0.2) is 9.84 Å². The molecule has 2 fully saturated rings. The summed E-state index contributed by atoms with van der Waals surface area (Å²) in [4.78, 5) is 31.8. The molecule has 192 valence electrons. The van der Waals surface area contributed by atoms with Crippen LogP contribution in [0, 0.1) is 0 Å². The minimum Gasteiger partial charge on any atom is -0.388 e. The number of anilines is 1. The van der Waals surface area contributed by atoms with E-state index in [2.05, 4.69) is 10.00 Å². The van der Waals surface area contributed by atoms with Crippen molar-refractivity contribution in [2.24, 2.45) is 0 Å². The zero-order chi connectivity index (χ0) is 25.5. The van der Waals surface area contributed by atoms with E-state index in [1.807, 2.05) is 4.90 Å². The molecule has 0 spiro atoms. The van der Waals surface area contributed by atoms with Crippen LogP contribution in [-0.4, -0.2) is 94.7 Å². The van der Waals surface area contributed by atoms with Crippen molar-refractivity contribution in [2.45, 2.75) is 29.9 Å². The number of hydrogen-bond donors (Lipinski definition) is 1. The number of rotatable bonds is 4. The molecule has 0 saturated carbocycles. The van der Waals surface area contributed by atoms with E-state index in [0.29, 0.717) is 57.6 Å². The van der Waals surface area contributed by atoms with Crippen molar-refractivity contribution in [1.29, 1.82) is 0 Å². The molecule has 1 N–H and O–H groups in total. The molecule has 11 nitrogen and oxygen atoms in total. The number of carbonyl (C=O) groups is 1. The number of nitrogens with zero attached hydrogens (tertiary/aromatic N) is 6. The highest BCUT2D eigenvalue weighted by atomic mass is 32.2. The van der Waals surface area contributed by atoms with E-state index in [-0.39, 0.29) is 23.0 Å². The molecule has 0 bridgehead atoms. The number of carbonyl (C=O) groups excluding carboxylic acids is 1. The van der Waals surface area contributed by atoms with E-state index >= 15 is 0 Å². The summed E-state index contributed by atoms with van der Waals surface area (Å²) in [5.41, 5.74) is 0.106. The molecule has 2 amide bonds. The number of likely N-dealkylation sites (tertiary alicyclic amines) is 1. The van der Waals surface area contributed by atoms with Crippen molar-refractivity contribution >= 4 is 27.1 Å². The molecule has 0 unspecified atom stereocenters.